The van der Waals surface area contributed by atoms with Crippen LogP contribution >= 0.6 is 11.3 Å². The fourth-order valence-electron chi connectivity index (χ4n) is 1.75. The van der Waals surface area contributed by atoms with Crippen LogP contribution in [-0.4, -0.2) is 22.6 Å². The van der Waals surface area contributed by atoms with Gasteiger partial charge in [-0.15, -0.1) is 11.3 Å². The molecule has 6 heteroatoms. The summed E-state index contributed by atoms with van der Waals surface area (Å²) in [6.45, 7) is 5.76. The maximum Gasteiger partial charge on any atom is 0.345 e. The lowest BCUT2D eigenvalue weighted by Crippen LogP contribution is -2.24. The van der Waals surface area contributed by atoms with Crippen LogP contribution in [0.15, 0.2) is 36.4 Å². The minimum absolute atomic E-state index is 0.129. The zero-order chi connectivity index (χ0) is 16.3. The molecule has 0 fully saturated rings. The summed E-state index contributed by atoms with van der Waals surface area (Å²) in [5, 5.41) is 11.7. The zero-order valence-electron chi connectivity index (χ0n) is 12.5. The van der Waals surface area contributed by atoms with Gasteiger partial charge in [-0.1, -0.05) is 12.1 Å². The van der Waals surface area contributed by atoms with E-state index in [1.54, 1.807) is 18.2 Å². The molecule has 0 aliphatic rings. The number of rotatable bonds is 4. The first-order valence-corrected chi connectivity index (χ1v) is 7.50. The Morgan fingerprint density at radius 1 is 1.09 bits per heavy atom. The molecule has 1 amide bonds. The lowest BCUT2D eigenvalue weighted by Gasteiger charge is -2.23. The maximum atomic E-state index is 12.2. The molecule has 0 bridgehead atoms. The predicted molar refractivity (Wildman–Crippen MR) is 86.1 cm³/mol. The molecule has 0 radical (unpaired) electrons. The fraction of sp³-hybridized carbons (Fsp3) is 0.250. The Bertz CT molecular complexity index is 700. The lowest BCUT2D eigenvalue weighted by molar-refractivity contribution is 0.0702. The van der Waals surface area contributed by atoms with Crippen LogP contribution < -0.4 is 10.1 Å². The summed E-state index contributed by atoms with van der Waals surface area (Å²) >= 11 is 0.935. The third-order valence-corrected chi connectivity index (χ3v) is 3.66. The molecule has 1 aromatic carbocycles. The van der Waals surface area contributed by atoms with Crippen molar-refractivity contribution in [3.8, 4) is 5.75 Å². The summed E-state index contributed by atoms with van der Waals surface area (Å²) in [5.41, 5.74) is 0.160. The highest BCUT2D eigenvalue weighted by atomic mass is 32.1. The molecule has 116 valence electrons. The van der Waals surface area contributed by atoms with Gasteiger partial charge in [0.2, 0.25) is 0 Å². The zero-order valence-corrected chi connectivity index (χ0v) is 13.4. The van der Waals surface area contributed by atoms with E-state index in [9.17, 15) is 9.59 Å². The molecule has 0 atom stereocenters. The second-order valence-electron chi connectivity index (χ2n) is 5.63. The molecule has 0 saturated heterocycles. The van der Waals surface area contributed by atoms with Crippen molar-refractivity contribution in [2.45, 2.75) is 26.4 Å². The number of amides is 1. The summed E-state index contributed by atoms with van der Waals surface area (Å²) in [4.78, 5) is 23.5. The van der Waals surface area contributed by atoms with Gasteiger partial charge >= 0.3 is 5.97 Å². The lowest BCUT2D eigenvalue weighted by atomic mass is 10.2. The first kappa shape index (κ1) is 16.0. The Hall–Kier alpha value is -2.34. The number of carbonyl (C=O) groups excluding carboxylic acids is 1. The van der Waals surface area contributed by atoms with Gasteiger partial charge in [-0.05, 0) is 45.0 Å². The first-order valence-electron chi connectivity index (χ1n) is 6.69. The molecule has 2 N–H and O–H groups in total. The van der Waals surface area contributed by atoms with Gasteiger partial charge in [0.1, 0.15) is 16.2 Å². The molecule has 0 saturated carbocycles. The maximum absolute atomic E-state index is 12.2. The number of para-hydroxylation sites is 2. The predicted octanol–water partition coefficient (Wildman–Crippen LogP) is 3.88. The van der Waals surface area contributed by atoms with Gasteiger partial charge in [-0.2, -0.15) is 0 Å². The highest BCUT2D eigenvalue weighted by molar-refractivity contribution is 7.15. The number of hydrogen-bond donors (Lipinski definition) is 2. The Labute approximate surface area is 132 Å². The number of aromatic carboxylic acids is 1. The van der Waals surface area contributed by atoms with Crippen LogP contribution in [0.4, 0.5) is 5.69 Å². The van der Waals surface area contributed by atoms with Gasteiger partial charge in [0.25, 0.3) is 5.91 Å². The molecule has 0 aliphatic heterocycles. The number of thiophene rings is 1. The minimum atomic E-state index is -1.04. The van der Waals surface area contributed by atoms with E-state index in [1.165, 1.54) is 12.1 Å². The summed E-state index contributed by atoms with van der Waals surface area (Å²) in [5.74, 6) is -0.832. The summed E-state index contributed by atoms with van der Waals surface area (Å²) in [6.07, 6.45) is 0. The van der Waals surface area contributed by atoms with E-state index in [0.29, 0.717) is 16.3 Å². The minimum Gasteiger partial charge on any atom is -0.486 e. The number of carbonyl (C=O) groups is 2. The highest BCUT2D eigenvalue weighted by Crippen LogP contribution is 2.28. The standard InChI is InChI=1S/C16H17NO4S/c1-16(2,3)21-11-7-5-4-6-10(11)17-14(18)12-8-9-13(22-12)15(19)20/h4-9H,1-3H3,(H,17,18)(H,19,20). The van der Waals surface area contributed by atoms with Crippen molar-refractivity contribution in [3.05, 3.63) is 46.2 Å². The van der Waals surface area contributed by atoms with Crippen molar-refractivity contribution in [2.24, 2.45) is 0 Å². The van der Waals surface area contributed by atoms with Crippen LogP contribution in [0, 0.1) is 0 Å². The van der Waals surface area contributed by atoms with E-state index >= 15 is 0 Å². The molecule has 2 aromatic rings. The monoisotopic (exact) mass is 319 g/mol. The van der Waals surface area contributed by atoms with Crippen LogP contribution in [0.1, 0.15) is 40.1 Å². The second-order valence-corrected chi connectivity index (χ2v) is 6.72. The molecule has 0 spiro atoms. The van der Waals surface area contributed by atoms with Gasteiger partial charge in [0.15, 0.2) is 0 Å². The Morgan fingerprint density at radius 3 is 2.32 bits per heavy atom. The van der Waals surface area contributed by atoms with Crippen molar-refractivity contribution < 1.29 is 19.4 Å². The number of carboxylic acids is 1. The molecule has 5 nitrogen and oxygen atoms in total. The Morgan fingerprint density at radius 2 is 1.73 bits per heavy atom. The van der Waals surface area contributed by atoms with Crippen LogP contribution in [0.2, 0.25) is 0 Å². The Balaban J connectivity index is 2.19. The van der Waals surface area contributed by atoms with Gasteiger partial charge in [0, 0.05) is 0 Å². The highest BCUT2D eigenvalue weighted by Gasteiger charge is 2.17. The number of hydrogen-bond acceptors (Lipinski definition) is 4. The van der Waals surface area contributed by atoms with Crippen molar-refractivity contribution in [1.29, 1.82) is 0 Å². The summed E-state index contributed by atoms with van der Waals surface area (Å²) in [7, 11) is 0. The fourth-order valence-corrected chi connectivity index (χ4v) is 2.49. The number of benzene rings is 1. The van der Waals surface area contributed by atoms with E-state index in [2.05, 4.69) is 5.32 Å². The average molecular weight is 319 g/mol. The van der Waals surface area contributed by atoms with E-state index in [4.69, 9.17) is 9.84 Å². The van der Waals surface area contributed by atoms with Crippen molar-refractivity contribution in [3.63, 3.8) is 0 Å². The van der Waals surface area contributed by atoms with Gasteiger partial charge in [-0.25, -0.2) is 4.79 Å². The summed E-state index contributed by atoms with van der Waals surface area (Å²) in [6, 6.07) is 10.0. The van der Waals surface area contributed by atoms with Gasteiger partial charge in [0.05, 0.1) is 10.6 Å². The van der Waals surface area contributed by atoms with E-state index in [-0.39, 0.29) is 16.4 Å². The number of carboxylic acid groups (broad SMARTS) is 1. The van der Waals surface area contributed by atoms with E-state index in [0.717, 1.165) is 11.3 Å². The summed E-state index contributed by atoms with van der Waals surface area (Å²) < 4.78 is 5.81. The third-order valence-electron chi connectivity index (χ3n) is 2.59. The molecular formula is C16H17NO4S. The number of ether oxygens (including phenoxy) is 1. The quantitative estimate of drug-likeness (QED) is 0.897. The van der Waals surface area contributed by atoms with Crippen LogP contribution in [-0.2, 0) is 0 Å². The normalized spacial score (nSPS) is 11.0. The third kappa shape index (κ3) is 4.08. The largest absolute Gasteiger partial charge is 0.486 e. The number of anilines is 1. The van der Waals surface area contributed by atoms with Crippen LogP contribution in [0.25, 0.3) is 0 Å². The van der Waals surface area contributed by atoms with Crippen LogP contribution in [0.3, 0.4) is 0 Å². The van der Waals surface area contributed by atoms with E-state index < -0.39 is 5.97 Å². The average Bonchev–Trinajstić information content (AvgIpc) is 2.89. The van der Waals surface area contributed by atoms with Crippen molar-refractivity contribution in [2.75, 3.05) is 5.32 Å². The molecule has 0 unspecified atom stereocenters. The molecule has 2 rings (SSSR count). The van der Waals surface area contributed by atoms with E-state index in [1.807, 2.05) is 26.8 Å². The van der Waals surface area contributed by atoms with Gasteiger partial charge in [-0.3, -0.25) is 4.79 Å². The SMILES string of the molecule is CC(C)(C)Oc1ccccc1NC(=O)c1ccc(C(=O)O)s1. The topological polar surface area (TPSA) is 75.6 Å². The number of nitrogens with one attached hydrogen (secondary N) is 1. The first-order chi connectivity index (χ1) is 10.3. The molecule has 1 heterocycles. The van der Waals surface area contributed by atoms with Gasteiger partial charge < -0.3 is 15.2 Å². The van der Waals surface area contributed by atoms with Crippen molar-refractivity contribution >= 4 is 28.9 Å². The molecule has 0 aliphatic carbocycles. The van der Waals surface area contributed by atoms with Crippen molar-refractivity contribution in [1.82, 2.24) is 0 Å². The molecule has 1 aromatic heterocycles. The second kappa shape index (κ2) is 6.19. The molecule has 22 heavy (non-hydrogen) atoms. The smallest absolute Gasteiger partial charge is 0.345 e. The molecular weight excluding hydrogens is 302 g/mol. The van der Waals surface area contributed by atoms with Crippen LogP contribution in [0.5, 0.6) is 5.75 Å². The Kier molecular flexibility index (Phi) is 4.51.